The summed E-state index contributed by atoms with van der Waals surface area (Å²) in [6, 6.07) is 26.5. The van der Waals surface area contributed by atoms with Crippen LogP contribution in [0.1, 0.15) is 27.6 Å². The Morgan fingerprint density at radius 1 is 0.688 bits per heavy atom. The number of fused-ring (bicyclic) bond motifs is 1. The lowest BCUT2D eigenvalue weighted by Crippen LogP contribution is -2.14. The second-order valence-corrected chi connectivity index (χ2v) is 7.14. The van der Waals surface area contributed by atoms with Crippen molar-refractivity contribution in [2.45, 2.75) is 6.92 Å². The number of hydrogen-bond donors (Lipinski definition) is 2. The smallest absolute Gasteiger partial charge is 0.308 e. The number of carbonyl (C=O) groups excluding carboxylic acids is 3. The molecule has 6 heteroatoms. The standard InChI is InChI=1S/C26H20N2O4/c1-17(29)32-22-12-4-9-19(15-22)25(30)27-20-10-6-11-21(16-20)28-26(31)24-14-5-8-18-7-2-3-13-23(18)24/h2-16H,1H3,(H,27,30)(H,28,31). The molecule has 0 atom stereocenters. The third-order valence-electron chi connectivity index (χ3n) is 4.77. The van der Waals surface area contributed by atoms with Gasteiger partial charge in [0.2, 0.25) is 0 Å². The maximum absolute atomic E-state index is 12.9. The van der Waals surface area contributed by atoms with Gasteiger partial charge in [-0.1, -0.05) is 48.5 Å². The Morgan fingerprint density at radius 2 is 1.34 bits per heavy atom. The number of esters is 1. The molecule has 6 nitrogen and oxygen atoms in total. The zero-order valence-corrected chi connectivity index (χ0v) is 17.3. The normalized spacial score (nSPS) is 10.4. The van der Waals surface area contributed by atoms with Crippen LogP contribution < -0.4 is 15.4 Å². The first-order valence-corrected chi connectivity index (χ1v) is 9.98. The highest BCUT2D eigenvalue weighted by Crippen LogP contribution is 2.22. The van der Waals surface area contributed by atoms with Crippen molar-refractivity contribution >= 4 is 39.9 Å². The van der Waals surface area contributed by atoms with Crippen LogP contribution >= 0.6 is 0 Å². The molecule has 0 bridgehead atoms. The van der Waals surface area contributed by atoms with Crippen molar-refractivity contribution in [3.63, 3.8) is 0 Å². The van der Waals surface area contributed by atoms with E-state index in [1.165, 1.54) is 13.0 Å². The second kappa shape index (κ2) is 9.14. The third kappa shape index (κ3) is 4.82. The molecule has 0 aliphatic heterocycles. The van der Waals surface area contributed by atoms with Crippen molar-refractivity contribution in [1.82, 2.24) is 0 Å². The van der Waals surface area contributed by atoms with E-state index in [9.17, 15) is 14.4 Å². The molecule has 2 amide bonds. The molecule has 0 aliphatic rings. The molecule has 0 saturated heterocycles. The van der Waals surface area contributed by atoms with Crippen LogP contribution in [0, 0.1) is 0 Å². The van der Waals surface area contributed by atoms with Crippen molar-refractivity contribution in [3.05, 3.63) is 102 Å². The number of amides is 2. The number of nitrogens with one attached hydrogen (secondary N) is 2. The molecule has 2 N–H and O–H groups in total. The minimum Gasteiger partial charge on any atom is -0.427 e. The monoisotopic (exact) mass is 424 g/mol. The first-order chi connectivity index (χ1) is 15.5. The number of rotatable bonds is 5. The molecule has 0 radical (unpaired) electrons. The van der Waals surface area contributed by atoms with Crippen LogP contribution in [0.3, 0.4) is 0 Å². The summed E-state index contributed by atoms with van der Waals surface area (Å²) in [5.74, 6) is -0.769. The Morgan fingerprint density at radius 3 is 2.12 bits per heavy atom. The Kier molecular flexibility index (Phi) is 5.94. The van der Waals surface area contributed by atoms with Gasteiger partial charge >= 0.3 is 5.97 Å². The van der Waals surface area contributed by atoms with Crippen molar-refractivity contribution in [2.75, 3.05) is 10.6 Å². The summed E-state index contributed by atoms with van der Waals surface area (Å²) in [5.41, 5.74) is 1.98. The van der Waals surface area contributed by atoms with E-state index >= 15 is 0 Å². The lowest BCUT2D eigenvalue weighted by Gasteiger charge is -2.11. The maximum Gasteiger partial charge on any atom is 0.308 e. The fourth-order valence-electron chi connectivity index (χ4n) is 3.37. The lowest BCUT2D eigenvalue weighted by atomic mass is 10.0. The lowest BCUT2D eigenvalue weighted by molar-refractivity contribution is -0.131. The van der Waals surface area contributed by atoms with Crippen LogP contribution in [0.5, 0.6) is 5.75 Å². The quantitative estimate of drug-likeness (QED) is 0.338. The fraction of sp³-hybridized carbons (Fsp3) is 0.0385. The summed E-state index contributed by atoms with van der Waals surface area (Å²) in [6.07, 6.45) is 0. The van der Waals surface area contributed by atoms with Gasteiger partial charge in [0.1, 0.15) is 5.75 Å². The van der Waals surface area contributed by atoms with E-state index in [0.717, 1.165) is 10.8 Å². The first-order valence-electron chi connectivity index (χ1n) is 9.98. The topological polar surface area (TPSA) is 84.5 Å². The van der Waals surface area contributed by atoms with Crippen LogP contribution in [-0.4, -0.2) is 17.8 Å². The van der Waals surface area contributed by atoms with E-state index in [0.29, 0.717) is 28.3 Å². The summed E-state index contributed by atoms with van der Waals surface area (Å²) in [6.45, 7) is 1.30. The number of hydrogen-bond acceptors (Lipinski definition) is 4. The van der Waals surface area contributed by atoms with Gasteiger partial charge in [-0.25, -0.2) is 0 Å². The fourth-order valence-corrected chi connectivity index (χ4v) is 3.37. The van der Waals surface area contributed by atoms with Crippen LogP contribution in [0.25, 0.3) is 10.8 Å². The minimum absolute atomic E-state index is 0.237. The van der Waals surface area contributed by atoms with Crippen molar-refractivity contribution in [3.8, 4) is 5.75 Å². The molecule has 4 aromatic rings. The second-order valence-electron chi connectivity index (χ2n) is 7.14. The molecule has 4 aromatic carbocycles. The van der Waals surface area contributed by atoms with Crippen LogP contribution in [0.4, 0.5) is 11.4 Å². The highest BCUT2D eigenvalue weighted by molar-refractivity contribution is 6.13. The van der Waals surface area contributed by atoms with Crippen LogP contribution in [0.15, 0.2) is 91.0 Å². The SMILES string of the molecule is CC(=O)Oc1cccc(C(=O)Nc2cccc(NC(=O)c3cccc4ccccc34)c2)c1. The molecule has 0 aromatic heterocycles. The summed E-state index contributed by atoms with van der Waals surface area (Å²) < 4.78 is 5.02. The zero-order chi connectivity index (χ0) is 22.5. The van der Waals surface area contributed by atoms with Crippen LogP contribution in [-0.2, 0) is 4.79 Å². The molecule has 158 valence electrons. The van der Waals surface area contributed by atoms with Gasteiger partial charge in [0.25, 0.3) is 11.8 Å². The average Bonchev–Trinajstić information content (AvgIpc) is 2.78. The van der Waals surface area contributed by atoms with Gasteiger partial charge in [0.05, 0.1) is 0 Å². The number of anilines is 2. The molecule has 0 aliphatic carbocycles. The summed E-state index contributed by atoms with van der Waals surface area (Å²) in [7, 11) is 0. The molecule has 32 heavy (non-hydrogen) atoms. The maximum atomic E-state index is 12.9. The highest BCUT2D eigenvalue weighted by atomic mass is 16.5. The molecule has 0 fully saturated rings. The summed E-state index contributed by atoms with van der Waals surface area (Å²) >= 11 is 0. The molecule has 0 heterocycles. The van der Waals surface area contributed by atoms with Crippen molar-refractivity contribution in [2.24, 2.45) is 0 Å². The number of carbonyl (C=O) groups is 3. The Hall–Kier alpha value is -4.45. The zero-order valence-electron chi connectivity index (χ0n) is 17.3. The summed E-state index contributed by atoms with van der Waals surface area (Å²) in [5, 5.41) is 7.53. The molecule has 0 unspecified atom stereocenters. The Bertz CT molecular complexity index is 1320. The predicted molar refractivity (Wildman–Crippen MR) is 124 cm³/mol. The molecule has 0 spiro atoms. The Labute approximate surface area is 184 Å². The largest absolute Gasteiger partial charge is 0.427 e. The number of benzene rings is 4. The van der Waals surface area contributed by atoms with Crippen molar-refractivity contribution < 1.29 is 19.1 Å². The number of ether oxygens (including phenoxy) is 1. The van der Waals surface area contributed by atoms with Crippen molar-refractivity contribution in [1.29, 1.82) is 0 Å². The van der Waals surface area contributed by atoms with E-state index in [4.69, 9.17) is 4.74 Å². The van der Waals surface area contributed by atoms with Gasteiger partial charge in [0.15, 0.2) is 0 Å². The third-order valence-corrected chi connectivity index (χ3v) is 4.77. The van der Waals surface area contributed by atoms with Gasteiger partial charge < -0.3 is 15.4 Å². The highest BCUT2D eigenvalue weighted by Gasteiger charge is 2.12. The van der Waals surface area contributed by atoms with E-state index in [2.05, 4.69) is 10.6 Å². The van der Waals surface area contributed by atoms with E-state index in [1.54, 1.807) is 48.5 Å². The Balaban J connectivity index is 1.49. The first kappa shape index (κ1) is 20.8. The average molecular weight is 424 g/mol. The van der Waals surface area contributed by atoms with Gasteiger partial charge in [0, 0.05) is 29.4 Å². The molecular weight excluding hydrogens is 404 g/mol. The van der Waals surface area contributed by atoms with Gasteiger partial charge in [-0.15, -0.1) is 0 Å². The van der Waals surface area contributed by atoms with E-state index < -0.39 is 5.97 Å². The minimum atomic E-state index is -0.461. The molecule has 0 saturated carbocycles. The molecule has 4 rings (SSSR count). The molecular formula is C26H20N2O4. The summed E-state index contributed by atoms with van der Waals surface area (Å²) in [4.78, 5) is 36.6. The van der Waals surface area contributed by atoms with E-state index in [1.807, 2.05) is 36.4 Å². The predicted octanol–water partition coefficient (Wildman–Crippen LogP) is 5.27. The van der Waals surface area contributed by atoms with Gasteiger partial charge in [-0.05, 0) is 53.2 Å². The van der Waals surface area contributed by atoms with Gasteiger partial charge in [-0.3, -0.25) is 14.4 Å². The van der Waals surface area contributed by atoms with E-state index in [-0.39, 0.29) is 11.8 Å². The van der Waals surface area contributed by atoms with Crippen LogP contribution in [0.2, 0.25) is 0 Å². The van der Waals surface area contributed by atoms with Gasteiger partial charge in [-0.2, -0.15) is 0 Å².